The van der Waals surface area contributed by atoms with E-state index in [-0.39, 0.29) is 18.0 Å². The molecule has 0 atom stereocenters. The lowest BCUT2D eigenvalue weighted by Crippen LogP contribution is -2.25. The van der Waals surface area contributed by atoms with Crippen LogP contribution in [0.15, 0.2) is 36.1 Å². The smallest absolute Gasteiger partial charge is 0.422 e. The molecule has 3 heterocycles. The van der Waals surface area contributed by atoms with Gasteiger partial charge < -0.3 is 10.1 Å². The van der Waals surface area contributed by atoms with Crippen LogP contribution in [0.4, 0.5) is 13.2 Å². The Morgan fingerprint density at radius 3 is 3.00 bits per heavy atom. The van der Waals surface area contributed by atoms with Crippen LogP contribution >= 0.6 is 11.3 Å². The quantitative estimate of drug-likeness (QED) is 0.763. The predicted octanol–water partition coefficient (Wildman–Crippen LogP) is 2.66. The third kappa shape index (κ3) is 3.82. The summed E-state index contributed by atoms with van der Waals surface area (Å²) in [6.07, 6.45) is 0.346. The van der Waals surface area contributed by atoms with E-state index in [1.807, 2.05) is 16.0 Å². The van der Waals surface area contributed by atoms with Crippen molar-refractivity contribution in [2.24, 2.45) is 0 Å². The largest absolute Gasteiger partial charge is 0.467 e. The van der Waals surface area contributed by atoms with Crippen LogP contribution in [0, 0.1) is 0 Å². The van der Waals surface area contributed by atoms with Crippen LogP contribution in [-0.2, 0) is 6.54 Å². The Hall–Kier alpha value is -2.62. The number of pyridine rings is 1. The van der Waals surface area contributed by atoms with Gasteiger partial charge in [0.2, 0.25) is 5.88 Å². The van der Waals surface area contributed by atoms with Gasteiger partial charge in [-0.15, -0.1) is 11.3 Å². The number of nitrogens with one attached hydrogen (secondary N) is 1. The molecule has 0 radical (unpaired) electrons. The molecule has 0 saturated carbocycles. The lowest BCUT2D eigenvalue weighted by atomic mass is 10.2. The maximum atomic E-state index is 12.3. The van der Waals surface area contributed by atoms with E-state index >= 15 is 0 Å². The predicted molar refractivity (Wildman–Crippen MR) is 80.0 cm³/mol. The highest BCUT2D eigenvalue weighted by Crippen LogP contribution is 2.20. The minimum Gasteiger partial charge on any atom is -0.467 e. The molecule has 0 unspecified atom stereocenters. The van der Waals surface area contributed by atoms with Gasteiger partial charge in [-0.1, -0.05) is 0 Å². The van der Waals surface area contributed by atoms with Gasteiger partial charge >= 0.3 is 6.18 Å². The van der Waals surface area contributed by atoms with Gasteiger partial charge in [0.05, 0.1) is 12.2 Å². The number of fused-ring (bicyclic) bond motifs is 1. The monoisotopic (exact) mass is 356 g/mol. The molecule has 0 saturated heterocycles. The zero-order valence-corrected chi connectivity index (χ0v) is 12.9. The summed E-state index contributed by atoms with van der Waals surface area (Å²) >= 11 is 1.45. The second-order valence-corrected chi connectivity index (χ2v) is 5.64. The van der Waals surface area contributed by atoms with Crippen LogP contribution in [0.5, 0.6) is 5.88 Å². The van der Waals surface area contributed by atoms with Crippen molar-refractivity contribution in [2.75, 3.05) is 6.61 Å². The van der Waals surface area contributed by atoms with Crippen molar-refractivity contribution < 1.29 is 22.7 Å². The van der Waals surface area contributed by atoms with Gasteiger partial charge in [0, 0.05) is 24.0 Å². The van der Waals surface area contributed by atoms with E-state index in [4.69, 9.17) is 0 Å². The number of hydrogen-bond donors (Lipinski definition) is 1. The molecule has 0 aliphatic heterocycles. The number of halogens is 3. The number of thiazole rings is 1. The summed E-state index contributed by atoms with van der Waals surface area (Å²) in [4.78, 5) is 20.9. The van der Waals surface area contributed by atoms with Crippen LogP contribution in [0.3, 0.4) is 0 Å². The van der Waals surface area contributed by atoms with E-state index < -0.39 is 18.7 Å². The molecule has 6 nitrogen and oxygen atoms in total. The minimum atomic E-state index is -4.51. The third-order valence-electron chi connectivity index (χ3n) is 2.96. The van der Waals surface area contributed by atoms with Crippen LogP contribution < -0.4 is 10.1 Å². The van der Waals surface area contributed by atoms with Crippen molar-refractivity contribution >= 4 is 22.2 Å². The number of amides is 1. The second-order valence-electron chi connectivity index (χ2n) is 4.77. The Balaban J connectivity index is 1.67. The lowest BCUT2D eigenvalue weighted by Gasteiger charge is -2.11. The van der Waals surface area contributed by atoms with Crippen molar-refractivity contribution in [3.63, 3.8) is 0 Å². The van der Waals surface area contributed by atoms with E-state index in [0.29, 0.717) is 5.69 Å². The first-order chi connectivity index (χ1) is 11.4. The van der Waals surface area contributed by atoms with Gasteiger partial charge in [-0.2, -0.15) is 13.2 Å². The van der Waals surface area contributed by atoms with Crippen LogP contribution in [0.25, 0.3) is 4.96 Å². The first kappa shape index (κ1) is 16.2. The number of rotatable bonds is 5. The maximum Gasteiger partial charge on any atom is 0.422 e. The average molecular weight is 356 g/mol. The molecule has 0 bridgehead atoms. The molecular weight excluding hydrogens is 345 g/mol. The van der Waals surface area contributed by atoms with E-state index in [1.54, 1.807) is 6.20 Å². The molecule has 0 aliphatic carbocycles. The molecule has 0 spiro atoms. The number of aromatic nitrogens is 3. The normalized spacial score (nSPS) is 11.6. The highest BCUT2D eigenvalue weighted by atomic mass is 32.1. The Morgan fingerprint density at radius 1 is 1.42 bits per heavy atom. The van der Waals surface area contributed by atoms with Crippen molar-refractivity contribution in [3.05, 3.63) is 47.4 Å². The van der Waals surface area contributed by atoms with Gasteiger partial charge in [0.15, 0.2) is 11.6 Å². The number of carbonyl (C=O) groups is 1. The molecule has 126 valence electrons. The lowest BCUT2D eigenvalue weighted by molar-refractivity contribution is -0.154. The third-order valence-corrected chi connectivity index (χ3v) is 3.73. The van der Waals surface area contributed by atoms with Gasteiger partial charge in [0.25, 0.3) is 5.91 Å². The van der Waals surface area contributed by atoms with E-state index in [2.05, 4.69) is 20.0 Å². The standard InChI is InChI=1S/C14H11F3N4O2S/c15-14(16,17)8-23-12-10(2-1-3-18-12)11(22)19-6-9-7-21-4-5-24-13(21)20-9/h1-5,7H,6,8H2,(H,19,22). The average Bonchev–Trinajstić information content (AvgIpc) is 3.11. The molecule has 24 heavy (non-hydrogen) atoms. The van der Waals surface area contributed by atoms with Crippen molar-refractivity contribution in [2.45, 2.75) is 12.7 Å². The maximum absolute atomic E-state index is 12.3. The molecule has 3 aromatic rings. The zero-order chi connectivity index (χ0) is 17.2. The molecule has 1 amide bonds. The zero-order valence-electron chi connectivity index (χ0n) is 12.1. The Morgan fingerprint density at radius 2 is 2.25 bits per heavy atom. The Kier molecular flexibility index (Phi) is 4.38. The molecule has 3 aromatic heterocycles. The van der Waals surface area contributed by atoms with Crippen molar-refractivity contribution in [1.82, 2.24) is 19.7 Å². The van der Waals surface area contributed by atoms with Gasteiger partial charge in [-0.3, -0.25) is 9.20 Å². The molecule has 0 fully saturated rings. The Bertz CT molecular complexity index is 830. The van der Waals surface area contributed by atoms with E-state index in [9.17, 15) is 18.0 Å². The summed E-state index contributed by atoms with van der Waals surface area (Å²) in [7, 11) is 0. The topological polar surface area (TPSA) is 68.5 Å². The van der Waals surface area contributed by atoms with Crippen molar-refractivity contribution in [1.29, 1.82) is 0 Å². The molecule has 10 heteroatoms. The number of ether oxygens (including phenoxy) is 1. The summed E-state index contributed by atoms with van der Waals surface area (Å²) in [6.45, 7) is -1.37. The number of hydrogen-bond acceptors (Lipinski definition) is 5. The number of imidazole rings is 1. The number of alkyl halides is 3. The molecule has 0 aromatic carbocycles. The SMILES string of the molecule is O=C(NCc1cn2ccsc2n1)c1cccnc1OCC(F)(F)F. The highest BCUT2D eigenvalue weighted by Gasteiger charge is 2.29. The fourth-order valence-electron chi connectivity index (χ4n) is 1.96. The van der Waals surface area contributed by atoms with Gasteiger partial charge in [-0.05, 0) is 12.1 Å². The molecular formula is C14H11F3N4O2S. The molecule has 1 N–H and O–H groups in total. The van der Waals surface area contributed by atoms with E-state index in [0.717, 1.165) is 4.96 Å². The van der Waals surface area contributed by atoms with Crippen LogP contribution in [-0.4, -0.2) is 33.1 Å². The summed E-state index contributed by atoms with van der Waals surface area (Å²) in [5, 5.41) is 4.47. The minimum absolute atomic E-state index is 0.0669. The molecule has 0 aliphatic rings. The molecule has 3 rings (SSSR count). The summed E-state index contributed by atoms with van der Waals surface area (Å²) in [6, 6.07) is 2.79. The number of carbonyl (C=O) groups excluding carboxylic acids is 1. The summed E-state index contributed by atoms with van der Waals surface area (Å²) < 4.78 is 43.2. The highest BCUT2D eigenvalue weighted by molar-refractivity contribution is 7.15. The van der Waals surface area contributed by atoms with E-state index in [1.165, 1.54) is 29.7 Å². The van der Waals surface area contributed by atoms with Gasteiger partial charge in [0.1, 0.15) is 5.56 Å². The fraction of sp³-hybridized carbons (Fsp3) is 0.214. The Labute approximate surface area is 137 Å². The second kappa shape index (κ2) is 6.48. The fourth-order valence-corrected chi connectivity index (χ4v) is 2.68. The van der Waals surface area contributed by atoms with Crippen LogP contribution in [0.2, 0.25) is 0 Å². The summed E-state index contributed by atoms with van der Waals surface area (Å²) in [5.41, 5.74) is 0.569. The summed E-state index contributed by atoms with van der Waals surface area (Å²) in [5.74, 6) is -0.949. The first-order valence-electron chi connectivity index (χ1n) is 6.76. The van der Waals surface area contributed by atoms with Gasteiger partial charge in [-0.25, -0.2) is 9.97 Å². The van der Waals surface area contributed by atoms with Crippen LogP contribution in [0.1, 0.15) is 16.1 Å². The first-order valence-corrected chi connectivity index (χ1v) is 7.64. The van der Waals surface area contributed by atoms with Crippen molar-refractivity contribution in [3.8, 4) is 5.88 Å². The number of nitrogens with zero attached hydrogens (tertiary/aromatic N) is 3.